The Balaban J connectivity index is 4.01. The molecule has 0 aromatic heterocycles. The minimum absolute atomic E-state index is 0.157. The van der Waals surface area contributed by atoms with Crippen LogP contribution >= 0.6 is 0 Å². The predicted molar refractivity (Wildman–Crippen MR) is 72.1 cm³/mol. The summed E-state index contributed by atoms with van der Waals surface area (Å²) in [6.07, 6.45) is 6.49. The monoisotopic (exact) mass is 240 g/mol. The lowest BCUT2D eigenvalue weighted by Crippen LogP contribution is -2.21. The zero-order valence-corrected chi connectivity index (χ0v) is 12.0. The number of ketones is 2. The highest BCUT2D eigenvalue weighted by molar-refractivity contribution is 5.82. The molecule has 0 N–H and O–H groups in total. The fourth-order valence-corrected chi connectivity index (χ4v) is 2.05. The Morgan fingerprint density at radius 1 is 0.824 bits per heavy atom. The molecule has 0 unspecified atom stereocenters. The largest absolute Gasteiger partial charge is 0.300 e. The van der Waals surface area contributed by atoms with Gasteiger partial charge in [0.15, 0.2) is 0 Å². The van der Waals surface area contributed by atoms with E-state index >= 15 is 0 Å². The van der Waals surface area contributed by atoms with Crippen molar-refractivity contribution in [1.29, 1.82) is 0 Å². The Bertz CT molecular complexity index is 217. The van der Waals surface area contributed by atoms with Crippen LogP contribution in [0.25, 0.3) is 0 Å². The molecule has 0 aromatic rings. The molecule has 100 valence electrons. The lowest BCUT2D eigenvalue weighted by Gasteiger charge is -2.22. The second-order valence-electron chi connectivity index (χ2n) is 5.80. The minimum atomic E-state index is -0.157. The minimum Gasteiger partial charge on any atom is -0.300 e. The van der Waals surface area contributed by atoms with E-state index in [-0.39, 0.29) is 5.41 Å². The topological polar surface area (TPSA) is 34.1 Å². The number of unbranched alkanes of at least 4 members (excludes halogenated alkanes) is 2. The van der Waals surface area contributed by atoms with Crippen molar-refractivity contribution >= 4 is 11.6 Å². The summed E-state index contributed by atoms with van der Waals surface area (Å²) >= 11 is 0. The van der Waals surface area contributed by atoms with Gasteiger partial charge in [0.2, 0.25) is 0 Å². The van der Waals surface area contributed by atoms with E-state index in [0.717, 1.165) is 25.7 Å². The summed E-state index contributed by atoms with van der Waals surface area (Å²) in [5.41, 5.74) is -0.157. The highest BCUT2D eigenvalue weighted by atomic mass is 16.1. The third-order valence-corrected chi connectivity index (χ3v) is 2.97. The summed E-state index contributed by atoms with van der Waals surface area (Å²) < 4.78 is 0. The summed E-state index contributed by atoms with van der Waals surface area (Å²) in [5, 5.41) is 0. The molecule has 0 aromatic carbocycles. The summed E-state index contributed by atoms with van der Waals surface area (Å²) in [6, 6.07) is 0. The smallest absolute Gasteiger partial charge is 0.133 e. The molecule has 2 heteroatoms. The third kappa shape index (κ3) is 9.08. The van der Waals surface area contributed by atoms with Crippen molar-refractivity contribution in [2.75, 3.05) is 0 Å². The molecule has 0 amide bonds. The first kappa shape index (κ1) is 16.3. The Hall–Kier alpha value is -0.660. The van der Waals surface area contributed by atoms with Gasteiger partial charge in [0.05, 0.1) is 0 Å². The molecule has 0 spiro atoms. The molecular weight excluding hydrogens is 212 g/mol. The van der Waals surface area contributed by atoms with Gasteiger partial charge in [-0.3, -0.25) is 9.59 Å². The van der Waals surface area contributed by atoms with Gasteiger partial charge in [-0.05, 0) is 18.3 Å². The van der Waals surface area contributed by atoms with Gasteiger partial charge in [-0.15, -0.1) is 0 Å². The van der Waals surface area contributed by atoms with E-state index in [0.29, 0.717) is 37.2 Å². The standard InChI is InChI=1S/C15H28O2/c1-5-7-9-13(16)11-15(3,4)12-14(17)10-8-6-2/h5-12H2,1-4H3. The highest BCUT2D eigenvalue weighted by Gasteiger charge is 2.24. The number of rotatable bonds is 10. The van der Waals surface area contributed by atoms with Gasteiger partial charge in [0.25, 0.3) is 0 Å². The second kappa shape index (κ2) is 8.43. The SMILES string of the molecule is CCCCC(=O)CC(C)(C)CC(=O)CCCC. The van der Waals surface area contributed by atoms with E-state index in [9.17, 15) is 9.59 Å². The molecule has 0 bridgehead atoms. The average Bonchev–Trinajstić information content (AvgIpc) is 2.22. The van der Waals surface area contributed by atoms with Crippen LogP contribution in [0.1, 0.15) is 79.1 Å². The van der Waals surface area contributed by atoms with Crippen LogP contribution in [-0.2, 0) is 9.59 Å². The molecule has 0 aliphatic rings. The van der Waals surface area contributed by atoms with Gasteiger partial charge in [-0.25, -0.2) is 0 Å². The fraction of sp³-hybridized carbons (Fsp3) is 0.867. The van der Waals surface area contributed by atoms with Crippen molar-refractivity contribution < 1.29 is 9.59 Å². The lowest BCUT2D eigenvalue weighted by molar-refractivity contribution is -0.123. The van der Waals surface area contributed by atoms with Crippen molar-refractivity contribution in [2.24, 2.45) is 5.41 Å². The first-order valence-electron chi connectivity index (χ1n) is 6.94. The fourth-order valence-electron chi connectivity index (χ4n) is 2.05. The molecule has 17 heavy (non-hydrogen) atoms. The normalized spacial score (nSPS) is 11.5. The molecule has 0 radical (unpaired) electrons. The number of Topliss-reactive ketones (excluding diaryl/α,β-unsaturated/α-hetero) is 2. The molecule has 0 saturated carbocycles. The zero-order chi connectivity index (χ0) is 13.3. The van der Waals surface area contributed by atoms with Crippen LogP contribution in [0.15, 0.2) is 0 Å². The van der Waals surface area contributed by atoms with Crippen molar-refractivity contribution in [3.05, 3.63) is 0 Å². The van der Waals surface area contributed by atoms with Crippen molar-refractivity contribution in [1.82, 2.24) is 0 Å². The predicted octanol–water partition coefficient (Wildman–Crippen LogP) is 4.31. The van der Waals surface area contributed by atoms with Gasteiger partial charge in [0.1, 0.15) is 11.6 Å². The van der Waals surface area contributed by atoms with Gasteiger partial charge in [0, 0.05) is 25.7 Å². The molecule has 2 nitrogen and oxygen atoms in total. The summed E-state index contributed by atoms with van der Waals surface area (Å²) in [5.74, 6) is 0.611. The molecule has 0 saturated heterocycles. The second-order valence-corrected chi connectivity index (χ2v) is 5.80. The molecule has 0 aliphatic heterocycles. The molecular formula is C15H28O2. The summed E-state index contributed by atoms with van der Waals surface area (Å²) in [4.78, 5) is 23.4. The van der Waals surface area contributed by atoms with Crippen LogP contribution in [0.4, 0.5) is 0 Å². The van der Waals surface area contributed by atoms with Crippen molar-refractivity contribution in [3.63, 3.8) is 0 Å². The molecule has 0 rings (SSSR count). The third-order valence-electron chi connectivity index (χ3n) is 2.97. The van der Waals surface area contributed by atoms with E-state index in [2.05, 4.69) is 13.8 Å². The van der Waals surface area contributed by atoms with Crippen LogP contribution in [0, 0.1) is 5.41 Å². The summed E-state index contributed by atoms with van der Waals surface area (Å²) in [6.45, 7) is 8.24. The average molecular weight is 240 g/mol. The van der Waals surface area contributed by atoms with Crippen LogP contribution in [0.2, 0.25) is 0 Å². The Labute approximate surface area is 106 Å². The van der Waals surface area contributed by atoms with E-state index in [1.807, 2.05) is 13.8 Å². The van der Waals surface area contributed by atoms with Crippen LogP contribution in [-0.4, -0.2) is 11.6 Å². The maximum Gasteiger partial charge on any atom is 0.133 e. The summed E-state index contributed by atoms with van der Waals surface area (Å²) in [7, 11) is 0. The van der Waals surface area contributed by atoms with Gasteiger partial charge in [-0.2, -0.15) is 0 Å². The van der Waals surface area contributed by atoms with Gasteiger partial charge >= 0.3 is 0 Å². The van der Waals surface area contributed by atoms with E-state index in [4.69, 9.17) is 0 Å². The van der Waals surface area contributed by atoms with Crippen LogP contribution < -0.4 is 0 Å². The van der Waals surface area contributed by atoms with E-state index in [1.54, 1.807) is 0 Å². The number of hydrogen-bond acceptors (Lipinski definition) is 2. The first-order valence-corrected chi connectivity index (χ1v) is 6.94. The van der Waals surface area contributed by atoms with Crippen molar-refractivity contribution in [3.8, 4) is 0 Å². The number of carbonyl (C=O) groups excluding carboxylic acids is 2. The van der Waals surface area contributed by atoms with Gasteiger partial charge < -0.3 is 0 Å². The first-order chi connectivity index (χ1) is 7.91. The zero-order valence-electron chi connectivity index (χ0n) is 12.0. The molecule has 0 heterocycles. The van der Waals surface area contributed by atoms with E-state index < -0.39 is 0 Å². The van der Waals surface area contributed by atoms with Crippen LogP contribution in [0.5, 0.6) is 0 Å². The Morgan fingerprint density at radius 2 is 1.18 bits per heavy atom. The van der Waals surface area contributed by atoms with Crippen molar-refractivity contribution in [2.45, 2.75) is 79.1 Å². The van der Waals surface area contributed by atoms with Crippen LogP contribution in [0.3, 0.4) is 0 Å². The number of hydrogen-bond donors (Lipinski definition) is 0. The van der Waals surface area contributed by atoms with Gasteiger partial charge in [-0.1, -0.05) is 40.5 Å². The Kier molecular flexibility index (Phi) is 8.11. The molecule has 0 fully saturated rings. The molecule has 0 aliphatic carbocycles. The number of carbonyl (C=O) groups is 2. The Morgan fingerprint density at radius 3 is 1.47 bits per heavy atom. The quantitative estimate of drug-likeness (QED) is 0.570. The lowest BCUT2D eigenvalue weighted by atomic mass is 9.81. The maximum atomic E-state index is 11.7. The highest BCUT2D eigenvalue weighted by Crippen LogP contribution is 2.27. The molecule has 0 atom stereocenters. The van der Waals surface area contributed by atoms with E-state index in [1.165, 1.54) is 0 Å². The maximum absolute atomic E-state index is 11.7.